The number of rotatable bonds is 6. The maximum absolute atomic E-state index is 4.17. The van der Waals surface area contributed by atoms with Gasteiger partial charge in [-0.3, -0.25) is 4.98 Å². The van der Waals surface area contributed by atoms with Crippen LogP contribution in [0.5, 0.6) is 0 Å². The molecule has 2 heteroatoms. The number of hydrogen-bond acceptors (Lipinski definition) is 2. The van der Waals surface area contributed by atoms with E-state index in [0.717, 1.165) is 18.2 Å². The largest absolute Gasteiger partial charge is 0.385 e. The summed E-state index contributed by atoms with van der Waals surface area (Å²) in [7, 11) is 0. The van der Waals surface area contributed by atoms with Gasteiger partial charge in [-0.25, -0.2) is 0 Å². The van der Waals surface area contributed by atoms with Crippen molar-refractivity contribution in [3.8, 4) is 0 Å². The van der Waals surface area contributed by atoms with E-state index in [1.807, 2.05) is 19.2 Å². The zero-order chi connectivity index (χ0) is 11.1. The molecule has 15 heavy (non-hydrogen) atoms. The van der Waals surface area contributed by atoms with Crippen molar-refractivity contribution in [2.45, 2.75) is 40.0 Å². The molecule has 0 bridgehead atoms. The van der Waals surface area contributed by atoms with Gasteiger partial charge in [0.05, 0.1) is 0 Å². The number of aryl methyl sites for hydroxylation is 1. The Kier molecular flexibility index (Phi) is 5.16. The monoisotopic (exact) mass is 206 g/mol. The van der Waals surface area contributed by atoms with Gasteiger partial charge >= 0.3 is 0 Å². The minimum atomic E-state index is 0.827. The number of nitrogens with zero attached hydrogens (tertiary/aromatic N) is 1. The van der Waals surface area contributed by atoms with E-state index in [-0.39, 0.29) is 0 Å². The number of unbranched alkanes of at least 4 members (excludes halogenated alkanes) is 1. The second-order valence-corrected chi connectivity index (χ2v) is 4.50. The predicted molar refractivity (Wildman–Crippen MR) is 66.2 cm³/mol. The second-order valence-electron chi connectivity index (χ2n) is 4.50. The van der Waals surface area contributed by atoms with Crippen LogP contribution < -0.4 is 5.32 Å². The maximum atomic E-state index is 4.17. The van der Waals surface area contributed by atoms with Crippen molar-refractivity contribution < 1.29 is 0 Å². The molecule has 0 aliphatic heterocycles. The first kappa shape index (κ1) is 12.0. The van der Waals surface area contributed by atoms with Crippen LogP contribution in [-0.4, -0.2) is 11.5 Å². The Morgan fingerprint density at radius 2 is 2.13 bits per heavy atom. The summed E-state index contributed by atoms with van der Waals surface area (Å²) in [5.41, 5.74) is 2.26. The molecule has 0 aliphatic carbocycles. The summed E-state index contributed by atoms with van der Waals surface area (Å²) in [6.45, 7) is 7.64. The normalized spacial score (nSPS) is 10.7. The highest BCUT2D eigenvalue weighted by Crippen LogP contribution is 2.09. The van der Waals surface area contributed by atoms with Crippen molar-refractivity contribution in [3.63, 3.8) is 0 Å². The van der Waals surface area contributed by atoms with Gasteiger partial charge in [0.1, 0.15) is 0 Å². The van der Waals surface area contributed by atoms with E-state index < -0.39 is 0 Å². The van der Waals surface area contributed by atoms with Gasteiger partial charge in [0, 0.05) is 24.1 Å². The van der Waals surface area contributed by atoms with Crippen molar-refractivity contribution in [2.75, 3.05) is 11.9 Å². The van der Waals surface area contributed by atoms with Crippen LogP contribution in [0, 0.1) is 12.8 Å². The molecule has 1 heterocycles. The Morgan fingerprint density at radius 1 is 1.33 bits per heavy atom. The van der Waals surface area contributed by atoms with Gasteiger partial charge in [0.25, 0.3) is 0 Å². The molecule has 1 aromatic rings. The molecular weight excluding hydrogens is 184 g/mol. The van der Waals surface area contributed by atoms with Crippen molar-refractivity contribution in [3.05, 3.63) is 24.0 Å². The van der Waals surface area contributed by atoms with Crippen LogP contribution in [-0.2, 0) is 0 Å². The van der Waals surface area contributed by atoms with Gasteiger partial charge in [-0.15, -0.1) is 0 Å². The second kappa shape index (κ2) is 6.44. The number of aromatic nitrogens is 1. The van der Waals surface area contributed by atoms with Crippen LogP contribution in [0.25, 0.3) is 0 Å². The van der Waals surface area contributed by atoms with Crippen molar-refractivity contribution in [1.29, 1.82) is 0 Å². The lowest BCUT2D eigenvalue weighted by Gasteiger charge is -2.07. The first-order chi connectivity index (χ1) is 7.18. The molecule has 0 aromatic carbocycles. The minimum Gasteiger partial charge on any atom is -0.385 e. The fourth-order valence-corrected chi connectivity index (χ4v) is 1.57. The Hall–Kier alpha value is -1.05. The smallest absolute Gasteiger partial charge is 0.0393 e. The highest BCUT2D eigenvalue weighted by molar-refractivity contribution is 5.42. The standard InChI is InChI=1S/C13H22N2/c1-11(2)6-4-5-8-15-13-7-9-14-12(3)10-13/h7,9-11H,4-6,8H2,1-3H3,(H,14,15). The Balaban J connectivity index is 2.15. The highest BCUT2D eigenvalue weighted by Gasteiger charge is 1.95. The van der Waals surface area contributed by atoms with Gasteiger partial charge in [-0.1, -0.05) is 26.7 Å². The summed E-state index contributed by atoms with van der Waals surface area (Å²) in [4.78, 5) is 4.17. The van der Waals surface area contributed by atoms with Gasteiger partial charge in [0.15, 0.2) is 0 Å². The molecule has 0 radical (unpaired) electrons. The molecule has 1 aromatic heterocycles. The summed E-state index contributed by atoms with van der Waals surface area (Å²) in [6.07, 6.45) is 5.75. The Morgan fingerprint density at radius 3 is 2.80 bits per heavy atom. The van der Waals surface area contributed by atoms with E-state index >= 15 is 0 Å². The third kappa shape index (κ3) is 5.40. The van der Waals surface area contributed by atoms with Crippen LogP contribution in [0.3, 0.4) is 0 Å². The number of pyridine rings is 1. The maximum Gasteiger partial charge on any atom is 0.0393 e. The third-order valence-electron chi connectivity index (χ3n) is 2.43. The van der Waals surface area contributed by atoms with Crippen LogP contribution in [0.2, 0.25) is 0 Å². The summed E-state index contributed by atoms with van der Waals surface area (Å²) < 4.78 is 0. The first-order valence-electron chi connectivity index (χ1n) is 5.85. The average molecular weight is 206 g/mol. The van der Waals surface area contributed by atoms with Crippen LogP contribution in [0.4, 0.5) is 5.69 Å². The van der Waals surface area contributed by atoms with Crippen molar-refractivity contribution in [1.82, 2.24) is 4.98 Å². The topological polar surface area (TPSA) is 24.9 Å². The molecule has 0 spiro atoms. The zero-order valence-corrected chi connectivity index (χ0v) is 10.1. The predicted octanol–water partition coefficient (Wildman–Crippen LogP) is 3.63. The van der Waals surface area contributed by atoms with Gasteiger partial charge in [-0.2, -0.15) is 0 Å². The molecule has 0 saturated heterocycles. The number of anilines is 1. The zero-order valence-electron chi connectivity index (χ0n) is 10.1. The van der Waals surface area contributed by atoms with E-state index in [1.54, 1.807) is 0 Å². The summed E-state index contributed by atoms with van der Waals surface area (Å²) in [6, 6.07) is 4.11. The van der Waals surface area contributed by atoms with Crippen LogP contribution in [0.1, 0.15) is 38.8 Å². The molecular formula is C13H22N2. The molecule has 2 nitrogen and oxygen atoms in total. The Bertz CT molecular complexity index is 282. The Labute approximate surface area is 93.1 Å². The lowest BCUT2D eigenvalue weighted by Crippen LogP contribution is -2.02. The van der Waals surface area contributed by atoms with E-state index in [9.17, 15) is 0 Å². The average Bonchev–Trinajstić information content (AvgIpc) is 2.17. The summed E-state index contributed by atoms with van der Waals surface area (Å²) >= 11 is 0. The van der Waals surface area contributed by atoms with Gasteiger partial charge < -0.3 is 5.32 Å². The SMILES string of the molecule is Cc1cc(NCCCCC(C)C)ccn1. The fraction of sp³-hybridized carbons (Fsp3) is 0.615. The summed E-state index contributed by atoms with van der Waals surface area (Å²) in [5.74, 6) is 0.827. The van der Waals surface area contributed by atoms with Gasteiger partial charge in [-0.05, 0) is 31.4 Å². The molecule has 0 aliphatic rings. The lowest BCUT2D eigenvalue weighted by molar-refractivity contribution is 0.545. The molecule has 0 unspecified atom stereocenters. The highest BCUT2D eigenvalue weighted by atomic mass is 14.9. The van der Waals surface area contributed by atoms with Gasteiger partial charge in [0.2, 0.25) is 0 Å². The first-order valence-corrected chi connectivity index (χ1v) is 5.85. The quantitative estimate of drug-likeness (QED) is 0.719. The van der Waals surface area contributed by atoms with E-state index in [2.05, 4.69) is 30.2 Å². The molecule has 1 N–H and O–H groups in total. The van der Waals surface area contributed by atoms with Crippen molar-refractivity contribution in [2.24, 2.45) is 5.92 Å². The molecule has 0 amide bonds. The van der Waals surface area contributed by atoms with Crippen LogP contribution in [0.15, 0.2) is 18.3 Å². The molecule has 84 valence electrons. The molecule has 0 fully saturated rings. The van der Waals surface area contributed by atoms with E-state index in [0.29, 0.717) is 0 Å². The van der Waals surface area contributed by atoms with Crippen LogP contribution >= 0.6 is 0 Å². The number of nitrogens with one attached hydrogen (secondary N) is 1. The van der Waals surface area contributed by atoms with E-state index in [1.165, 1.54) is 24.9 Å². The third-order valence-corrected chi connectivity index (χ3v) is 2.43. The molecule has 1 rings (SSSR count). The van der Waals surface area contributed by atoms with E-state index in [4.69, 9.17) is 0 Å². The minimum absolute atomic E-state index is 0.827. The number of hydrogen-bond donors (Lipinski definition) is 1. The molecule has 0 atom stereocenters. The lowest BCUT2D eigenvalue weighted by atomic mass is 10.1. The fourth-order valence-electron chi connectivity index (χ4n) is 1.57. The molecule has 0 saturated carbocycles. The van der Waals surface area contributed by atoms with Crippen molar-refractivity contribution >= 4 is 5.69 Å². The summed E-state index contributed by atoms with van der Waals surface area (Å²) in [5, 5.41) is 3.42.